The van der Waals surface area contributed by atoms with E-state index in [0.717, 1.165) is 32.2 Å². The zero-order valence-electron chi connectivity index (χ0n) is 9.44. The highest BCUT2D eigenvalue weighted by molar-refractivity contribution is 7.90. The lowest BCUT2D eigenvalue weighted by molar-refractivity contribution is 0.0831. The Morgan fingerprint density at radius 1 is 1.19 bits per heavy atom. The van der Waals surface area contributed by atoms with Crippen LogP contribution in [0.3, 0.4) is 0 Å². The molecule has 2 aliphatic rings. The van der Waals surface area contributed by atoms with Gasteiger partial charge in [0, 0.05) is 25.8 Å². The van der Waals surface area contributed by atoms with Crippen LogP contribution in [0.2, 0.25) is 0 Å². The van der Waals surface area contributed by atoms with Crippen LogP contribution in [0.1, 0.15) is 25.7 Å². The fraction of sp³-hybridized carbons (Fsp3) is 1.00. The van der Waals surface area contributed by atoms with Crippen molar-refractivity contribution in [2.24, 2.45) is 0 Å². The molecule has 0 aromatic heterocycles. The molecular weight excluding hydrogens is 228 g/mol. The summed E-state index contributed by atoms with van der Waals surface area (Å²) in [5.74, 6) is 0. The maximum atomic E-state index is 12.1. The normalized spacial score (nSPS) is 29.1. The molecule has 1 atom stereocenters. The van der Waals surface area contributed by atoms with Crippen molar-refractivity contribution in [1.29, 1.82) is 0 Å². The second kappa shape index (κ2) is 5.44. The van der Waals surface area contributed by atoms with Crippen molar-refractivity contribution in [2.45, 2.75) is 37.0 Å². The Morgan fingerprint density at radius 3 is 2.56 bits per heavy atom. The Labute approximate surface area is 97.0 Å². The van der Waals surface area contributed by atoms with Crippen molar-refractivity contribution >= 4 is 10.0 Å². The summed E-state index contributed by atoms with van der Waals surface area (Å²) in [6, 6.07) is 0.0701. The van der Waals surface area contributed by atoms with Crippen LogP contribution in [-0.4, -0.2) is 46.0 Å². The van der Waals surface area contributed by atoms with Crippen LogP contribution in [-0.2, 0) is 14.8 Å². The van der Waals surface area contributed by atoms with E-state index in [1.165, 1.54) is 0 Å². The second-order valence-electron chi connectivity index (χ2n) is 4.52. The van der Waals surface area contributed by atoms with Gasteiger partial charge in [0.15, 0.2) is 0 Å². The summed E-state index contributed by atoms with van der Waals surface area (Å²) >= 11 is 0. The quantitative estimate of drug-likeness (QED) is 0.728. The number of hydrogen-bond donors (Lipinski definition) is 2. The van der Waals surface area contributed by atoms with E-state index in [2.05, 4.69) is 10.0 Å². The summed E-state index contributed by atoms with van der Waals surface area (Å²) in [7, 11) is -3.15. The van der Waals surface area contributed by atoms with Crippen molar-refractivity contribution in [3.63, 3.8) is 0 Å². The lowest BCUT2D eigenvalue weighted by atomic mass is 10.1. The van der Waals surface area contributed by atoms with Crippen LogP contribution in [0.5, 0.6) is 0 Å². The fourth-order valence-electron chi connectivity index (χ4n) is 2.23. The molecule has 0 bridgehead atoms. The van der Waals surface area contributed by atoms with Crippen LogP contribution >= 0.6 is 0 Å². The average molecular weight is 248 g/mol. The lowest BCUT2D eigenvalue weighted by Gasteiger charge is -2.28. The molecule has 2 heterocycles. The van der Waals surface area contributed by atoms with Crippen molar-refractivity contribution in [2.75, 3.05) is 26.3 Å². The van der Waals surface area contributed by atoms with Crippen molar-refractivity contribution in [3.8, 4) is 0 Å². The maximum Gasteiger partial charge on any atom is 0.215 e. The smallest absolute Gasteiger partial charge is 0.215 e. The van der Waals surface area contributed by atoms with Gasteiger partial charge < -0.3 is 10.1 Å². The molecule has 0 aromatic rings. The Kier molecular flexibility index (Phi) is 4.18. The van der Waals surface area contributed by atoms with Gasteiger partial charge in [-0.15, -0.1) is 0 Å². The molecule has 2 N–H and O–H groups in total. The van der Waals surface area contributed by atoms with E-state index in [9.17, 15) is 8.42 Å². The molecule has 1 unspecified atom stereocenters. The molecule has 0 aromatic carbocycles. The summed E-state index contributed by atoms with van der Waals surface area (Å²) in [6.07, 6.45) is 3.30. The first-order valence-electron chi connectivity index (χ1n) is 5.98. The Hall–Kier alpha value is -0.170. The molecule has 6 heteroatoms. The number of ether oxygens (including phenoxy) is 1. The standard InChI is InChI=1S/C10H20N2O3S/c13-16(14,10-2-1-5-11-8-10)12-9-3-6-15-7-4-9/h9-12H,1-8H2. The molecule has 2 saturated heterocycles. The zero-order chi connectivity index (χ0) is 11.4. The van der Waals surface area contributed by atoms with Crippen molar-refractivity contribution in [3.05, 3.63) is 0 Å². The van der Waals surface area contributed by atoms with Crippen LogP contribution in [0.4, 0.5) is 0 Å². The summed E-state index contributed by atoms with van der Waals surface area (Å²) in [6.45, 7) is 2.84. The molecule has 0 aliphatic carbocycles. The number of sulfonamides is 1. The van der Waals surface area contributed by atoms with Gasteiger partial charge in [-0.2, -0.15) is 0 Å². The minimum absolute atomic E-state index is 0.0701. The molecule has 5 nitrogen and oxygen atoms in total. The van der Waals surface area contributed by atoms with Crippen LogP contribution in [0, 0.1) is 0 Å². The predicted octanol–water partition coefficient (Wildman–Crippen LogP) is -0.163. The molecular formula is C10H20N2O3S. The number of nitrogens with one attached hydrogen (secondary N) is 2. The fourth-order valence-corrected chi connectivity index (χ4v) is 3.94. The molecule has 2 fully saturated rings. The summed E-state index contributed by atoms with van der Waals surface area (Å²) < 4.78 is 32.2. The summed E-state index contributed by atoms with van der Waals surface area (Å²) in [4.78, 5) is 0. The summed E-state index contributed by atoms with van der Waals surface area (Å²) in [5, 5.41) is 2.87. The van der Waals surface area contributed by atoms with Gasteiger partial charge in [0.2, 0.25) is 10.0 Å². The molecule has 94 valence electrons. The monoisotopic (exact) mass is 248 g/mol. The predicted molar refractivity (Wildman–Crippen MR) is 61.8 cm³/mol. The highest BCUT2D eigenvalue weighted by atomic mass is 32.2. The molecule has 0 saturated carbocycles. The number of hydrogen-bond acceptors (Lipinski definition) is 4. The van der Waals surface area contributed by atoms with Gasteiger partial charge in [-0.25, -0.2) is 13.1 Å². The van der Waals surface area contributed by atoms with Gasteiger partial charge in [0.25, 0.3) is 0 Å². The highest BCUT2D eigenvalue weighted by Crippen LogP contribution is 2.14. The van der Waals surface area contributed by atoms with Crippen LogP contribution in [0.25, 0.3) is 0 Å². The average Bonchev–Trinajstić information content (AvgIpc) is 2.31. The molecule has 0 spiro atoms. The molecule has 0 radical (unpaired) electrons. The topological polar surface area (TPSA) is 67.4 Å². The van der Waals surface area contributed by atoms with E-state index >= 15 is 0 Å². The van der Waals surface area contributed by atoms with Crippen molar-refractivity contribution in [1.82, 2.24) is 10.0 Å². The number of piperidine rings is 1. The second-order valence-corrected chi connectivity index (χ2v) is 6.51. The van der Waals surface area contributed by atoms with Crippen LogP contribution in [0.15, 0.2) is 0 Å². The molecule has 0 amide bonds. The largest absolute Gasteiger partial charge is 0.381 e. The third kappa shape index (κ3) is 3.16. The van der Waals surface area contributed by atoms with E-state index in [0.29, 0.717) is 19.8 Å². The van der Waals surface area contributed by atoms with E-state index in [-0.39, 0.29) is 11.3 Å². The van der Waals surface area contributed by atoms with Gasteiger partial charge in [-0.05, 0) is 32.2 Å². The highest BCUT2D eigenvalue weighted by Gasteiger charge is 2.29. The third-order valence-electron chi connectivity index (χ3n) is 3.24. The first kappa shape index (κ1) is 12.3. The Morgan fingerprint density at radius 2 is 1.94 bits per heavy atom. The van der Waals surface area contributed by atoms with E-state index in [1.54, 1.807) is 0 Å². The third-order valence-corrected chi connectivity index (χ3v) is 5.18. The van der Waals surface area contributed by atoms with Crippen LogP contribution < -0.4 is 10.0 Å². The SMILES string of the molecule is O=S(=O)(NC1CCOCC1)C1CCCNC1. The maximum absolute atomic E-state index is 12.1. The van der Waals surface area contributed by atoms with E-state index in [1.807, 2.05) is 0 Å². The van der Waals surface area contributed by atoms with Gasteiger partial charge in [-0.3, -0.25) is 0 Å². The molecule has 2 rings (SSSR count). The minimum Gasteiger partial charge on any atom is -0.381 e. The first-order chi connectivity index (χ1) is 7.68. The van der Waals surface area contributed by atoms with Gasteiger partial charge >= 0.3 is 0 Å². The van der Waals surface area contributed by atoms with Gasteiger partial charge in [0.05, 0.1) is 5.25 Å². The molecule has 2 aliphatic heterocycles. The number of rotatable bonds is 3. The molecule has 16 heavy (non-hydrogen) atoms. The Bertz CT molecular complexity index is 306. The van der Waals surface area contributed by atoms with Gasteiger partial charge in [-0.1, -0.05) is 0 Å². The minimum atomic E-state index is -3.15. The Balaban J connectivity index is 1.90. The lowest BCUT2D eigenvalue weighted by Crippen LogP contribution is -2.48. The van der Waals surface area contributed by atoms with Gasteiger partial charge in [0.1, 0.15) is 0 Å². The zero-order valence-corrected chi connectivity index (χ0v) is 10.3. The van der Waals surface area contributed by atoms with E-state index in [4.69, 9.17) is 4.74 Å². The van der Waals surface area contributed by atoms with Crippen molar-refractivity contribution < 1.29 is 13.2 Å². The first-order valence-corrected chi connectivity index (χ1v) is 7.53. The summed E-state index contributed by atoms with van der Waals surface area (Å²) in [5.41, 5.74) is 0. The van der Waals surface area contributed by atoms with E-state index < -0.39 is 10.0 Å².